The van der Waals surface area contributed by atoms with Gasteiger partial charge < -0.3 is 5.32 Å². The first-order chi connectivity index (χ1) is 13.2. The van der Waals surface area contributed by atoms with Gasteiger partial charge in [-0.15, -0.1) is 5.10 Å². The fraction of sp³-hybridized carbons (Fsp3) is 0.167. The predicted molar refractivity (Wildman–Crippen MR) is 108 cm³/mol. The van der Waals surface area contributed by atoms with Crippen molar-refractivity contribution in [2.45, 2.75) is 29.1 Å². The maximum absolute atomic E-state index is 12.4. The molecule has 1 amide bonds. The van der Waals surface area contributed by atoms with E-state index in [0.717, 1.165) is 11.1 Å². The summed E-state index contributed by atoms with van der Waals surface area (Å²) < 4.78 is 22.8. The van der Waals surface area contributed by atoms with Gasteiger partial charge in [0, 0.05) is 11.3 Å². The van der Waals surface area contributed by atoms with Crippen LogP contribution in [0.15, 0.2) is 58.6 Å². The highest BCUT2D eigenvalue weighted by Crippen LogP contribution is 2.24. The number of nitrogens with zero attached hydrogens (tertiary/aromatic N) is 2. The van der Waals surface area contributed by atoms with Crippen LogP contribution in [0.25, 0.3) is 11.4 Å². The second-order valence-electron chi connectivity index (χ2n) is 6.15. The zero-order valence-corrected chi connectivity index (χ0v) is 16.8. The number of aromatic amines is 1. The Morgan fingerprint density at radius 3 is 2.61 bits per heavy atom. The molecule has 0 bridgehead atoms. The molecule has 0 aliphatic carbocycles. The average molecular weight is 418 g/mol. The van der Waals surface area contributed by atoms with Gasteiger partial charge in [0.2, 0.25) is 21.1 Å². The van der Waals surface area contributed by atoms with E-state index >= 15 is 0 Å². The summed E-state index contributed by atoms with van der Waals surface area (Å²) in [6.07, 6.45) is 0. The van der Waals surface area contributed by atoms with E-state index in [2.05, 4.69) is 20.5 Å². The Morgan fingerprint density at radius 2 is 1.93 bits per heavy atom. The van der Waals surface area contributed by atoms with Crippen molar-refractivity contribution in [1.82, 2.24) is 15.2 Å². The second-order valence-corrected chi connectivity index (χ2v) is 9.02. The molecule has 0 fully saturated rings. The molecule has 0 aliphatic rings. The van der Waals surface area contributed by atoms with Crippen molar-refractivity contribution in [3.8, 4) is 11.4 Å². The third-order valence-corrected chi connectivity index (χ3v) is 5.74. The second kappa shape index (κ2) is 8.13. The number of hydrogen-bond acceptors (Lipinski definition) is 6. The van der Waals surface area contributed by atoms with Crippen molar-refractivity contribution in [1.29, 1.82) is 0 Å². The molecule has 4 N–H and O–H groups in total. The minimum absolute atomic E-state index is 0.0673. The number of H-pyrrole nitrogens is 1. The predicted octanol–water partition coefficient (Wildman–Crippen LogP) is 2.55. The summed E-state index contributed by atoms with van der Waals surface area (Å²) in [5.74, 6) is 0.314. The lowest BCUT2D eigenvalue weighted by Crippen LogP contribution is -2.22. The quantitative estimate of drug-likeness (QED) is 0.528. The minimum Gasteiger partial charge on any atom is -0.325 e. The number of primary sulfonamides is 1. The zero-order valence-electron chi connectivity index (χ0n) is 15.2. The van der Waals surface area contributed by atoms with Crippen LogP contribution in [-0.4, -0.2) is 34.8 Å². The van der Waals surface area contributed by atoms with Gasteiger partial charge in [-0.05, 0) is 32.0 Å². The number of carbonyl (C=O) groups excluding carboxylic acids is 1. The van der Waals surface area contributed by atoms with Crippen molar-refractivity contribution in [2.24, 2.45) is 5.14 Å². The molecule has 3 aromatic rings. The maximum atomic E-state index is 12.4. The van der Waals surface area contributed by atoms with Crippen LogP contribution in [0.2, 0.25) is 0 Å². The zero-order chi connectivity index (χ0) is 20.3. The Labute approximate surface area is 167 Å². The van der Waals surface area contributed by atoms with E-state index < -0.39 is 15.3 Å². The van der Waals surface area contributed by atoms with E-state index in [1.54, 1.807) is 13.0 Å². The highest BCUT2D eigenvalue weighted by Gasteiger charge is 2.18. The third-order valence-electron chi connectivity index (χ3n) is 3.87. The molecule has 0 saturated carbocycles. The first-order valence-electron chi connectivity index (χ1n) is 8.32. The number of aryl methyl sites for hydroxylation is 1. The van der Waals surface area contributed by atoms with E-state index in [4.69, 9.17) is 5.14 Å². The first-order valence-corrected chi connectivity index (χ1v) is 10.7. The number of rotatable bonds is 6. The van der Waals surface area contributed by atoms with E-state index in [1.807, 2.05) is 31.2 Å². The standard InChI is InChI=1S/C18H19N5O3S2/c1-11-6-8-13(9-7-11)16-21-18(23-22-16)27-12(2)17(24)20-14-4-3-5-15(10-14)28(19,25)26/h3-10,12H,1-2H3,(H,20,24)(H2,19,25,26)(H,21,22,23)/t12-/m0/s1. The van der Waals surface area contributed by atoms with Crippen LogP contribution in [-0.2, 0) is 14.8 Å². The molecule has 0 radical (unpaired) electrons. The van der Waals surface area contributed by atoms with Gasteiger partial charge in [0.1, 0.15) is 0 Å². The number of hydrogen-bond donors (Lipinski definition) is 3. The number of thioether (sulfide) groups is 1. The smallest absolute Gasteiger partial charge is 0.238 e. The summed E-state index contributed by atoms with van der Waals surface area (Å²) in [5, 5.41) is 14.7. The van der Waals surface area contributed by atoms with Crippen LogP contribution in [0, 0.1) is 6.92 Å². The first kappa shape index (κ1) is 20.1. The summed E-state index contributed by atoms with van der Waals surface area (Å²) >= 11 is 1.19. The van der Waals surface area contributed by atoms with Crippen molar-refractivity contribution in [3.05, 3.63) is 54.1 Å². The molecule has 2 aromatic carbocycles. The number of amides is 1. The number of sulfonamides is 1. The molecule has 3 rings (SSSR count). The molecular weight excluding hydrogens is 398 g/mol. The van der Waals surface area contributed by atoms with Crippen LogP contribution in [0.4, 0.5) is 5.69 Å². The number of aromatic nitrogens is 3. The summed E-state index contributed by atoms with van der Waals surface area (Å²) in [7, 11) is -3.84. The number of carbonyl (C=O) groups is 1. The Morgan fingerprint density at radius 1 is 1.21 bits per heavy atom. The van der Waals surface area contributed by atoms with E-state index in [9.17, 15) is 13.2 Å². The number of nitrogens with one attached hydrogen (secondary N) is 2. The number of nitrogens with two attached hydrogens (primary N) is 1. The van der Waals surface area contributed by atoms with Gasteiger partial charge in [0.05, 0.1) is 10.1 Å². The average Bonchev–Trinajstić information content (AvgIpc) is 3.10. The largest absolute Gasteiger partial charge is 0.325 e. The van der Waals surface area contributed by atoms with E-state index in [0.29, 0.717) is 16.7 Å². The van der Waals surface area contributed by atoms with Gasteiger partial charge in [0.25, 0.3) is 0 Å². The van der Waals surface area contributed by atoms with Crippen molar-refractivity contribution < 1.29 is 13.2 Å². The summed E-state index contributed by atoms with van der Waals surface area (Å²) in [4.78, 5) is 16.8. The Kier molecular flexibility index (Phi) is 5.82. The molecule has 0 spiro atoms. The van der Waals surface area contributed by atoms with Gasteiger partial charge >= 0.3 is 0 Å². The highest BCUT2D eigenvalue weighted by molar-refractivity contribution is 8.00. The van der Waals surface area contributed by atoms with Crippen LogP contribution in [0.5, 0.6) is 0 Å². The van der Waals surface area contributed by atoms with Gasteiger partial charge in [0.15, 0.2) is 5.82 Å². The summed E-state index contributed by atoms with van der Waals surface area (Å²) in [5.41, 5.74) is 2.40. The number of benzene rings is 2. The minimum atomic E-state index is -3.84. The molecule has 1 aromatic heterocycles. The fourth-order valence-corrected chi connectivity index (χ4v) is 3.63. The molecule has 1 atom stereocenters. The molecule has 28 heavy (non-hydrogen) atoms. The lowest BCUT2D eigenvalue weighted by molar-refractivity contribution is -0.115. The molecular formula is C18H19N5O3S2. The molecule has 146 valence electrons. The van der Waals surface area contributed by atoms with E-state index in [1.165, 1.54) is 30.0 Å². The molecule has 0 saturated heterocycles. The van der Waals surface area contributed by atoms with Crippen LogP contribution >= 0.6 is 11.8 Å². The summed E-state index contributed by atoms with van der Waals surface area (Å²) in [6, 6.07) is 13.6. The Bertz CT molecular complexity index is 1090. The van der Waals surface area contributed by atoms with Crippen molar-refractivity contribution in [3.63, 3.8) is 0 Å². The van der Waals surface area contributed by atoms with Crippen LogP contribution in [0.3, 0.4) is 0 Å². The fourth-order valence-electron chi connectivity index (χ4n) is 2.35. The number of anilines is 1. The Hall–Kier alpha value is -2.69. The third kappa shape index (κ3) is 4.97. The Balaban J connectivity index is 1.66. The molecule has 8 nitrogen and oxygen atoms in total. The SMILES string of the molecule is Cc1ccc(-c2nc(S[C@@H](C)C(=O)Nc3cccc(S(N)(=O)=O)c3)n[nH]2)cc1. The van der Waals surface area contributed by atoms with Gasteiger partial charge in [-0.3, -0.25) is 9.89 Å². The van der Waals surface area contributed by atoms with Crippen LogP contribution in [0.1, 0.15) is 12.5 Å². The summed E-state index contributed by atoms with van der Waals surface area (Å²) in [6.45, 7) is 3.72. The molecule has 1 heterocycles. The van der Waals surface area contributed by atoms with Gasteiger partial charge in [-0.2, -0.15) is 0 Å². The van der Waals surface area contributed by atoms with E-state index in [-0.39, 0.29) is 10.8 Å². The molecule has 0 unspecified atom stereocenters. The van der Waals surface area contributed by atoms with Crippen molar-refractivity contribution >= 4 is 33.4 Å². The van der Waals surface area contributed by atoms with Crippen molar-refractivity contribution in [2.75, 3.05) is 5.32 Å². The monoisotopic (exact) mass is 417 g/mol. The van der Waals surface area contributed by atoms with Crippen LogP contribution < -0.4 is 10.5 Å². The molecule has 0 aliphatic heterocycles. The van der Waals surface area contributed by atoms with Gasteiger partial charge in [-0.25, -0.2) is 18.5 Å². The topological polar surface area (TPSA) is 131 Å². The highest BCUT2D eigenvalue weighted by atomic mass is 32.2. The normalized spacial score (nSPS) is 12.5. The maximum Gasteiger partial charge on any atom is 0.238 e. The lowest BCUT2D eigenvalue weighted by atomic mass is 10.1. The molecule has 10 heteroatoms. The van der Waals surface area contributed by atoms with Gasteiger partial charge in [-0.1, -0.05) is 47.7 Å². The lowest BCUT2D eigenvalue weighted by Gasteiger charge is -2.10.